The standard InChI is InChI=1S/C41H63N5O6/c1-9-28(5)36(39(50)46-22-20-33(21-23-46)42-10-2)45-38(49)32(24-30-16-18-31(19-17-30)37(48)43-27(3)4)26-35(47)34(25-29-14-12-11-13-15-29)44-40(51)52-41(6,7)8/h11-19,27-28,32-36,42,47H,9-10,20-26H2,1-8H3,(H,43,48)(H,44,51)(H,45,49)/t28-,32+,34-,35-,36-/m0/s1. The maximum Gasteiger partial charge on any atom is 0.407 e. The van der Waals surface area contributed by atoms with E-state index in [-0.39, 0.29) is 42.5 Å². The monoisotopic (exact) mass is 721 g/mol. The SMILES string of the molecule is CCNC1CCN(C(=O)[C@@H](NC(=O)[C@H](Cc2ccc(C(=O)NC(C)C)cc2)C[C@H](O)[C@H](Cc2ccccc2)NC(=O)OC(C)(C)C)[C@@H](C)CC)CC1. The highest BCUT2D eigenvalue weighted by Gasteiger charge is 2.36. The van der Waals surface area contributed by atoms with Gasteiger partial charge in [-0.3, -0.25) is 14.4 Å². The number of rotatable bonds is 17. The van der Waals surface area contributed by atoms with Gasteiger partial charge in [-0.1, -0.05) is 69.7 Å². The van der Waals surface area contributed by atoms with E-state index in [0.29, 0.717) is 37.5 Å². The molecule has 1 heterocycles. The number of carbonyl (C=O) groups is 4. The first-order valence-electron chi connectivity index (χ1n) is 19.0. The van der Waals surface area contributed by atoms with Gasteiger partial charge in [0.25, 0.3) is 5.91 Å². The minimum absolute atomic E-state index is 0.00418. The maximum absolute atomic E-state index is 14.3. The van der Waals surface area contributed by atoms with Crippen molar-refractivity contribution in [2.24, 2.45) is 11.8 Å². The van der Waals surface area contributed by atoms with Crippen LogP contribution >= 0.6 is 0 Å². The molecule has 1 saturated heterocycles. The van der Waals surface area contributed by atoms with E-state index in [9.17, 15) is 24.3 Å². The van der Waals surface area contributed by atoms with E-state index < -0.39 is 35.8 Å². The van der Waals surface area contributed by atoms with Crippen molar-refractivity contribution in [3.8, 4) is 0 Å². The normalized spacial score (nSPS) is 16.7. The van der Waals surface area contributed by atoms with Gasteiger partial charge in [0.2, 0.25) is 11.8 Å². The lowest BCUT2D eigenvalue weighted by Gasteiger charge is -2.36. The summed E-state index contributed by atoms with van der Waals surface area (Å²) in [4.78, 5) is 55.7. The van der Waals surface area contributed by atoms with Crippen LogP contribution < -0.4 is 21.3 Å². The number of nitrogens with one attached hydrogen (secondary N) is 4. The number of nitrogens with zero attached hydrogens (tertiary/aromatic N) is 1. The van der Waals surface area contributed by atoms with E-state index in [1.807, 2.05) is 75.1 Å². The van der Waals surface area contributed by atoms with Gasteiger partial charge >= 0.3 is 6.09 Å². The molecular formula is C41H63N5O6. The molecule has 0 spiro atoms. The summed E-state index contributed by atoms with van der Waals surface area (Å²) in [5, 5.41) is 24.1. The third-order valence-electron chi connectivity index (χ3n) is 9.56. The van der Waals surface area contributed by atoms with Crippen LogP contribution in [-0.4, -0.2) is 89.3 Å². The molecule has 2 aromatic carbocycles. The van der Waals surface area contributed by atoms with Crippen molar-refractivity contribution in [3.05, 3.63) is 71.3 Å². The number of piperidine rings is 1. The van der Waals surface area contributed by atoms with Gasteiger partial charge in [0.1, 0.15) is 11.6 Å². The molecule has 0 aliphatic carbocycles. The molecule has 0 bridgehead atoms. The highest BCUT2D eigenvalue weighted by molar-refractivity contribution is 5.94. The van der Waals surface area contributed by atoms with Crippen molar-refractivity contribution in [1.29, 1.82) is 0 Å². The van der Waals surface area contributed by atoms with Crippen molar-refractivity contribution in [2.45, 2.75) is 130 Å². The number of ether oxygens (including phenoxy) is 1. The summed E-state index contributed by atoms with van der Waals surface area (Å²) >= 11 is 0. The fourth-order valence-electron chi connectivity index (χ4n) is 6.51. The quantitative estimate of drug-likeness (QED) is 0.154. The molecule has 0 radical (unpaired) electrons. The zero-order valence-corrected chi connectivity index (χ0v) is 32.5. The van der Waals surface area contributed by atoms with Crippen LogP contribution in [0, 0.1) is 11.8 Å². The highest BCUT2D eigenvalue weighted by atomic mass is 16.6. The number of carbonyl (C=O) groups excluding carboxylic acids is 4. The fourth-order valence-corrected chi connectivity index (χ4v) is 6.51. The van der Waals surface area contributed by atoms with E-state index in [1.54, 1.807) is 32.9 Å². The molecule has 288 valence electrons. The van der Waals surface area contributed by atoms with Crippen LogP contribution in [0.4, 0.5) is 4.79 Å². The molecule has 11 nitrogen and oxygen atoms in total. The average molecular weight is 722 g/mol. The van der Waals surface area contributed by atoms with Gasteiger partial charge in [-0.05, 0) is 102 Å². The first-order valence-corrected chi connectivity index (χ1v) is 19.0. The number of hydrogen-bond acceptors (Lipinski definition) is 7. The van der Waals surface area contributed by atoms with Crippen molar-refractivity contribution >= 4 is 23.8 Å². The molecule has 4 amide bonds. The average Bonchev–Trinajstić information content (AvgIpc) is 3.09. The van der Waals surface area contributed by atoms with Crippen molar-refractivity contribution < 1.29 is 29.0 Å². The van der Waals surface area contributed by atoms with Gasteiger partial charge < -0.3 is 36.0 Å². The first kappa shape index (κ1) is 42.5. The minimum Gasteiger partial charge on any atom is -0.444 e. The van der Waals surface area contributed by atoms with E-state index in [0.717, 1.165) is 30.5 Å². The molecule has 1 aliphatic heterocycles. The fraction of sp³-hybridized carbons (Fsp3) is 0.610. The Morgan fingerprint density at radius 2 is 1.48 bits per heavy atom. The van der Waals surface area contributed by atoms with Crippen LogP contribution in [0.25, 0.3) is 0 Å². The minimum atomic E-state index is -1.14. The molecule has 0 aromatic heterocycles. The van der Waals surface area contributed by atoms with Crippen molar-refractivity contribution in [1.82, 2.24) is 26.2 Å². The van der Waals surface area contributed by atoms with E-state index in [1.165, 1.54) is 0 Å². The number of alkyl carbamates (subject to hydrolysis) is 1. The molecule has 1 aliphatic rings. The van der Waals surface area contributed by atoms with Gasteiger partial charge in [0.15, 0.2) is 0 Å². The van der Waals surface area contributed by atoms with Crippen LogP contribution in [0.1, 0.15) is 103 Å². The Labute approximate surface area is 311 Å². The van der Waals surface area contributed by atoms with Crippen LogP contribution in [0.5, 0.6) is 0 Å². The van der Waals surface area contributed by atoms with Gasteiger partial charge in [-0.15, -0.1) is 0 Å². The van der Waals surface area contributed by atoms with Crippen molar-refractivity contribution in [2.75, 3.05) is 19.6 Å². The number of likely N-dealkylation sites (tertiary alicyclic amines) is 1. The Bertz CT molecular complexity index is 1420. The maximum atomic E-state index is 14.3. The molecule has 3 rings (SSSR count). The Hall–Kier alpha value is -3.96. The summed E-state index contributed by atoms with van der Waals surface area (Å²) in [5.74, 6) is -1.51. The molecule has 11 heteroatoms. The van der Waals surface area contributed by atoms with Gasteiger partial charge in [0, 0.05) is 36.7 Å². The largest absolute Gasteiger partial charge is 0.444 e. The number of aliphatic hydroxyl groups is 1. The Kier molecular flexibility index (Phi) is 16.6. The van der Waals surface area contributed by atoms with Gasteiger partial charge in [0.05, 0.1) is 12.1 Å². The van der Waals surface area contributed by atoms with Crippen LogP contribution in [0.3, 0.4) is 0 Å². The van der Waals surface area contributed by atoms with Crippen LogP contribution in [0.15, 0.2) is 54.6 Å². The third kappa shape index (κ3) is 13.9. The second-order valence-electron chi connectivity index (χ2n) is 15.5. The molecular weight excluding hydrogens is 658 g/mol. The van der Waals surface area contributed by atoms with Crippen molar-refractivity contribution in [3.63, 3.8) is 0 Å². The first-order chi connectivity index (χ1) is 24.6. The predicted octanol–water partition coefficient (Wildman–Crippen LogP) is 5.00. The summed E-state index contributed by atoms with van der Waals surface area (Å²) in [7, 11) is 0. The van der Waals surface area contributed by atoms with E-state index in [4.69, 9.17) is 4.74 Å². The molecule has 0 unspecified atom stereocenters. The smallest absolute Gasteiger partial charge is 0.407 e. The lowest BCUT2D eigenvalue weighted by atomic mass is 9.87. The van der Waals surface area contributed by atoms with Crippen LogP contribution in [0.2, 0.25) is 0 Å². The number of amides is 4. The Balaban J connectivity index is 1.90. The second kappa shape index (κ2) is 20.3. The number of hydrogen-bond donors (Lipinski definition) is 5. The van der Waals surface area contributed by atoms with E-state index in [2.05, 4.69) is 28.2 Å². The Morgan fingerprint density at radius 1 is 0.865 bits per heavy atom. The summed E-state index contributed by atoms with van der Waals surface area (Å²) in [5.41, 5.74) is 1.46. The summed E-state index contributed by atoms with van der Waals surface area (Å²) in [6.07, 6.45) is 1.16. The van der Waals surface area contributed by atoms with Gasteiger partial charge in [-0.2, -0.15) is 0 Å². The zero-order chi connectivity index (χ0) is 38.4. The molecule has 5 N–H and O–H groups in total. The third-order valence-corrected chi connectivity index (χ3v) is 9.56. The van der Waals surface area contributed by atoms with Gasteiger partial charge in [-0.25, -0.2) is 4.79 Å². The van der Waals surface area contributed by atoms with Crippen LogP contribution in [-0.2, 0) is 27.2 Å². The number of aliphatic hydroxyl groups excluding tert-OH is 1. The highest BCUT2D eigenvalue weighted by Crippen LogP contribution is 2.22. The molecule has 5 atom stereocenters. The molecule has 1 fully saturated rings. The summed E-state index contributed by atoms with van der Waals surface area (Å²) < 4.78 is 5.53. The lowest BCUT2D eigenvalue weighted by Crippen LogP contribution is -2.56. The number of benzene rings is 2. The second-order valence-corrected chi connectivity index (χ2v) is 15.5. The topological polar surface area (TPSA) is 149 Å². The molecule has 0 saturated carbocycles. The lowest BCUT2D eigenvalue weighted by molar-refractivity contribution is -0.140. The summed E-state index contributed by atoms with van der Waals surface area (Å²) in [6.45, 7) is 17.3. The predicted molar refractivity (Wildman–Crippen MR) is 205 cm³/mol. The molecule has 2 aromatic rings. The summed E-state index contributed by atoms with van der Waals surface area (Å²) in [6, 6.07) is 15.5. The van der Waals surface area contributed by atoms with E-state index >= 15 is 0 Å². The zero-order valence-electron chi connectivity index (χ0n) is 32.5. The Morgan fingerprint density at radius 3 is 2.04 bits per heavy atom. The molecule has 52 heavy (non-hydrogen) atoms.